The van der Waals surface area contributed by atoms with Crippen LogP contribution in [-0.2, 0) is 6.54 Å². The molecule has 2 aromatic heterocycles. The van der Waals surface area contributed by atoms with Gasteiger partial charge in [-0.05, 0) is 37.0 Å². The SMILES string of the molecule is O=C(NC(CCCCN(Cc1ccccc1)C(=O)O)C(=O)c1nc2ccccc2s1)c1cncs1. The summed E-state index contributed by atoms with van der Waals surface area (Å²) in [4.78, 5) is 47.8. The number of unbranched alkanes of at least 4 members (excludes halogenated alkanes) is 1. The first-order valence-electron chi connectivity index (χ1n) is 11.1. The van der Waals surface area contributed by atoms with Crippen LogP contribution in [0.25, 0.3) is 10.2 Å². The number of para-hydroxylation sites is 1. The van der Waals surface area contributed by atoms with Gasteiger partial charge >= 0.3 is 6.09 Å². The number of fused-ring (bicyclic) bond motifs is 1. The van der Waals surface area contributed by atoms with Gasteiger partial charge in [0.2, 0.25) is 5.78 Å². The Morgan fingerprint density at radius 3 is 2.51 bits per heavy atom. The zero-order valence-electron chi connectivity index (χ0n) is 18.8. The number of ketones is 1. The lowest BCUT2D eigenvalue weighted by molar-refractivity contribution is 0.0852. The van der Waals surface area contributed by atoms with E-state index in [1.54, 1.807) is 5.51 Å². The topological polar surface area (TPSA) is 112 Å². The highest BCUT2D eigenvalue weighted by molar-refractivity contribution is 7.20. The highest BCUT2D eigenvalue weighted by Gasteiger charge is 2.26. The average molecular weight is 509 g/mol. The second-order valence-electron chi connectivity index (χ2n) is 7.93. The molecule has 0 bridgehead atoms. The van der Waals surface area contributed by atoms with Gasteiger partial charge in [-0.3, -0.25) is 14.6 Å². The fourth-order valence-electron chi connectivity index (χ4n) is 3.65. The zero-order valence-corrected chi connectivity index (χ0v) is 20.4. The quantitative estimate of drug-likeness (QED) is 0.216. The van der Waals surface area contributed by atoms with Gasteiger partial charge in [-0.25, -0.2) is 9.78 Å². The number of hydrogen-bond donors (Lipinski definition) is 2. The number of benzene rings is 2. The minimum atomic E-state index is -0.991. The van der Waals surface area contributed by atoms with Crippen molar-refractivity contribution in [2.45, 2.75) is 31.8 Å². The van der Waals surface area contributed by atoms with E-state index in [-0.39, 0.29) is 11.7 Å². The second kappa shape index (κ2) is 11.7. The molecule has 1 unspecified atom stereocenters. The maximum Gasteiger partial charge on any atom is 0.407 e. The molecule has 4 aromatic rings. The normalized spacial score (nSPS) is 11.8. The largest absolute Gasteiger partial charge is 0.465 e. The van der Waals surface area contributed by atoms with E-state index >= 15 is 0 Å². The number of carbonyl (C=O) groups is 3. The summed E-state index contributed by atoms with van der Waals surface area (Å²) in [6, 6.07) is 16.1. The van der Waals surface area contributed by atoms with Crippen LogP contribution < -0.4 is 5.32 Å². The van der Waals surface area contributed by atoms with Crippen molar-refractivity contribution in [1.29, 1.82) is 0 Å². The molecular formula is C25H24N4O4S2. The molecular weight excluding hydrogens is 484 g/mol. The standard InChI is InChI=1S/C25H24N4O4S2/c30-22(24-28-18-10-4-5-12-20(18)35-24)19(27-23(31)21-14-26-16-34-21)11-6-7-13-29(25(32)33)15-17-8-2-1-3-9-17/h1-5,8-10,12,14,16,19H,6-7,11,13,15H2,(H,27,31)(H,32,33). The third-order valence-corrected chi connectivity index (χ3v) is 7.26. The van der Waals surface area contributed by atoms with E-state index in [4.69, 9.17) is 0 Å². The Hall–Kier alpha value is -3.63. The number of Topliss-reactive ketones (excluding diaryl/α,β-unsaturated/α-hetero) is 1. The molecule has 2 aromatic carbocycles. The molecule has 1 atom stereocenters. The fourth-order valence-corrected chi connectivity index (χ4v) is 5.13. The Morgan fingerprint density at radius 1 is 1.03 bits per heavy atom. The van der Waals surface area contributed by atoms with Crippen LogP contribution in [0.3, 0.4) is 0 Å². The first-order valence-corrected chi connectivity index (χ1v) is 12.8. The Labute approximate surface area is 210 Å². The Kier molecular flexibility index (Phi) is 8.17. The van der Waals surface area contributed by atoms with Crippen LogP contribution in [-0.4, -0.2) is 50.3 Å². The number of rotatable bonds is 11. The number of thiazole rings is 2. The van der Waals surface area contributed by atoms with Crippen LogP contribution in [0.5, 0.6) is 0 Å². The second-order valence-corrected chi connectivity index (χ2v) is 9.85. The van der Waals surface area contributed by atoms with E-state index in [0.717, 1.165) is 15.8 Å². The summed E-state index contributed by atoms with van der Waals surface area (Å²) in [7, 11) is 0. The van der Waals surface area contributed by atoms with Crippen molar-refractivity contribution in [3.05, 3.63) is 81.8 Å². The summed E-state index contributed by atoms with van der Waals surface area (Å²) in [6.07, 6.45) is 1.96. The summed E-state index contributed by atoms with van der Waals surface area (Å²) in [6.45, 7) is 0.626. The van der Waals surface area contributed by atoms with E-state index in [1.165, 1.54) is 33.8 Å². The van der Waals surface area contributed by atoms with Crippen molar-refractivity contribution in [3.63, 3.8) is 0 Å². The molecule has 0 aliphatic rings. The number of nitrogens with one attached hydrogen (secondary N) is 1. The highest BCUT2D eigenvalue weighted by Crippen LogP contribution is 2.24. The van der Waals surface area contributed by atoms with Gasteiger partial charge in [0, 0.05) is 13.1 Å². The third kappa shape index (κ3) is 6.49. The van der Waals surface area contributed by atoms with Crippen LogP contribution in [0.15, 0.2) is 66.3 Å². The summed E-state index contributed by atoms with van der Waals surface area (Å²) in [5, 5.41) is 12.8. The minimum Gasteiger partial charge on any atom is -0.465 e. The summed E-state index contributed by atoms with van der Waals surface area (Å²) >= 11 is 2.50. The predicted octanol–water partition coefficient (Wildman–Crippen LogP) is 5.08. The van der Waals surface area contributed by atoms with Crippen molar-refractivity contribution in [1.82, 2.24) is 20.2 Å². The van der Waals surface area contributed by atoms with Crippen LogP contribution in [0.4, 0.5) is 4.79 Å². The molecule has 0 aliphatic carbocycles. The lowest BCUT2D eigenvalue weighted by Crippen LogP contribution is -2.40. The summed E-state index contributed by atoms with van der Waals surface area (Å²) in [5.41, 5.74) is 3.22. The van der Waals surface area contributed by atoms with Crippen LogP contribution in [0.2, 0.25) is 0 Å². The van der Waals surface area contributed by atoms with Gasteiger partial charge in [0.1, 0.15) is 4.88 Å². The maximum absolute atomic E-state index is 13.3. The van der Waals surface area contributed by atoms with E-state index in [2.05, 4.69) is 15.3 Å². The van der Waals surface area contributed by atoms with Gasteiger partial charge in [-0.2, -0.15) is 0 Å². The summed E-state index contributed by atoms with van der Waals surface area (Å²) < 4.78 is 0.904. The first kappa shape index (κ1) is 24.5. The van der Waals surface area contributed by atoms with Crippen LogP contribution >= 0.6 is 22.7 Å². The predicted molar refractivity (Wildman–Crippen MR) is 136 cm³/mol. The Bertz CT molecular complexity index is 1260. The number of aromatic nitrogens is 2. The third-order valence-electron chi connectivity index (χ3n) is 5.44. The van der Waals surface area contributed by atoms with Gasteiger partial charge in [0.25, 0.3) is 5.91 Å². The van der Waals surface area contributed by atoms with Gasteiger partial charge < -0.3 is 15.3 Å². The van der Waals surface area contributed by atoms with Gasteiger partial charge in [-0.15, -0.1) is 22.7 Å². The van der Waals surface area contributed by atoms with Crippen molar-refractivity contribution in [2.75, 3.05) is 6.54 Å². The Morgan fingerprint density at radius 2 is 1.80 bits per heavy atom. The van der Waals surface area contributed by atoms with Crippen molar-refractivity contribution in [2.24, 2.45) is 0 Å². The lowest BCUT2D eigenvalue weighted by Gasteiger charge is -2.20. The van der Waals surface area contributed by atoms with E-state index in [0.29, 0.717) is 42.2 Å². The number of hydrogen-bond acceptors (Lipinski definition) is 7. The molecule has 2 heterocycles. The molecule has 180 valence electrons. The molecule has 4 rings (SSSR count). The first-order chi connectivity index (χ1) is 17.0. The van der Waals surface area contributed by atoms with E-state index in [9.17, 15) is 19.5 Å². The number of amides is 2. The lowest BCUT2D eigenvalue weighted by atomic mass is 10.0. The van der Waals surface area contributed by atoms with E-state index < -0.39 is 12.1 Å². The van der Waals surface area contributed by atoms with Crippen molar-refractivity contribution < 1.29 is 19.5 Å². The summed E-state index contributed by atoms with van der Waals surface area (Å²) in [5.74, 6) is -0.605. The number of nitrogens with zero attached hydrogens (tertiary/aromatic N) is 3. The Balaban J connectivity index is 1.41. The minimum absolute atomic E-state index is 0.247. The van der Waals surface area contributed by atoms with Gasteiger partial charge in [-0.1, -0.05) is 42.5 Å². The highest BCUT2D eigenvalue weighted by atomic mass is 32.1. The monoisotopic (exact) mass is 508 g/mol. The van der Waals surface area contributed by atoms with Crippen molar-refractivity contribution in [3.8, 4) is 0 Å². The number of carbonyl (C=O) groups excluding carboxylic acids is 2. The van der Waals surface area contributed by atoms with Crippen LogP contribution in [0.1, 0.15) is 44.3 Å². The molecule has 0 spiro atoms. The molecule has 2 N–H and O–H groups in total. The molecule has 10 heteroatoms. The number of carboxylic acid groups (broad SMARTS) is 1. The van der Waals surface area contributed by atoms with E-state index in [1.807, 2.05) is 54.6 Å². The zero-order chi connectivity index (χ0) is 24.6. The molecule has 0 saturated carbocycles. The van der Waals surface area contributed by atoms with Gasteiger partial charge in [0.15, 0.2) is 5.01 Å². The average Bonchev–Trinajstić information content (AvgIpc) is 3.55. The molecule has 0 radical (unpaired) electrons. The smallest absolute Gasteiger partial charge is 0.407 e. The van der Waals surface area contributed by atoms with Crippen LogP contribution in [0, 0.1) is 0 Å². The molecule has 8 nitrogen and oxygen atoms in total. The fraction of sp³-hybridized carbons (Fsp3) is 0.240. The molecule has 0 aliphatic heterocycles. The molecule has 2 amide bonds. The van der Waals surface area contributed by atoms with Gasteiger partial charge in [0.05, 0.1) is 28.0 Å². The molecule has 0 saturated heterocycles. The maximum atomic E-state index is 13.3. The molecule has 35 heavy (non-hydrogen) atoms. The molecule has 0 fully saturated rings. The van der Waals surface area contributed by atoms with Crippen molar-refractivity contribution >= 4 is 50.7 Å².